The molecule has 0 unspecified atom stereocenters. The van der Waals surface area contributed by atoms with E-state index in [9.17, 15) is 9.59 Å². The summed E-state index contributed by atoms with van der Waals surface area (Å²) in [6.07, 6.45) is 2.10. The fourth-order valence-electron chi connectivity index (χ4n) is 5.17. The number of ether oxygens (including phenoxy) is 4. The van der Waals surface area contributed by atoms with E-state index in [0.717, 1.165) is 30.7 Å². The number of thioether (sulfide) groups is 1. The molecule has 10 heteroatoms. The number of para-hydroxylation sites is 1. The summed E-state index contributed by atoms with van der Waals surface area (Å²) in [6.45, 7) is 3.17. The van der Waals surface area contributed by atoms with Crippen molar-refractivity contribution in [2.45, 2.75) is 38.3 Å². The second kappa shape index (κ2) is 12.6. The van der Waals surface area contributed by atoms with Gasteiger partial charge < -0.3 is 29.2 Å². The smallest absolute Gasteiger partial charge is 0.338 e. The van der Waals surface area contributed by atoms with E-state index in [4.69, 9.17) is 23.9 Å². The van der Waals surface area contributed by atoms with E-state index in [2.05, 4.69) is 5.32 Å². The first-order chi connectivity index (χ1) is 19.5. The van der Waals surface area contributed by atoms with Crippen LogP contribution in [0.25, 0.3) is 5.70 Å². The van der Waals surface area contributed by atoms with Crippen LogP contribution in [0.2, 0.25) is 0 Å². The minimum Gasteiger partial charge on any atom is -0.493 e. The molecule has 0 aromatic heterocycles. The number of nitrogens with zero attached hydrogens (tertiary/aromatic N) is 2. The maximum absolute atomic E-state index is 13.7. The zero-order valence-corrected chi connectivity index (χ0v) is 23.7. The Kier molecular flexibility index (Phi) is 8.76. The summed E-state index contributed by atoms with van der Waals surface area (Å²) in [4.78, 5) is 33.7. The van der Waals surface area contributed by atoms with Gasteiger partial charge in [-0.3, -0.25) is 4.79 Å². The number of nitrogens with one attached hydrogen (secondary N) is 1. The summed E-state index contributed by atoms with van der Waals surface area (Å²) in [5.74, 6) is 0.401. The number of carbonyl (C=O) groups excluding carboxylic acids is 2. The van der Waals surface area contributed by atoms with Gasteiger partial charge in [0.25, 0.3) is 0 Å². The lowest BCUT2D eigenvalue weighted by Crippen LogP contribution is -2.39. The summed E-state index contributed by atoms with van der Waals surface area (Å²) in [5.41, 5.74) is 3.07. The van der Waals surface area contributed by atoms with Gasteiger partial charge in [-0.2, -0.15) is 0 Å². The van der Waals surface area contributed by atoms with E-state index in [0.29, 0.717) is 40.0 Å². The molecule has 5 rings (SSSR count). The molecule has 1 saturated heterocycles. The molecule has 2 aromatic rings. The highest BCUT2D eigenvalue weighted by atomic mass is 32.2. The number of hydrogen-bond donors (Lipinski definition) is 1. The average Bonchev–Trinajstić information content (AvgIpc) is 3.65. The van der Waals surface area contributed by atoms with E-state index in [1.807, 2.05) is 52.8 Å². The average molecular weight is 564 g/mol. The zero-order chi connectivity index (χ0) is 28.1. The summed E-state index contributed by atoms with van der Waals surface area (Å²) in [7, 11) is 3.14. The molecule has 0 saturated carbocycles. The zero-order valence-electron chi connectivity index (χ0n) is 22.8. The van der Waals surface area contributed by atoms with Crippen molar-refractivity contribution in [3.05, 3.63) is 76.3 Å². The Balaban J connectivity index is 1.59. The van der Waals surface area contributed by atoms with Crippen LogP contribution in [0.1, 0.15) is 43.4 Å². The third-order valence-corrected chi connectivity index (χ3v) is 7.86. The van der Waals surface area contributed by atoms with Gasteiger partial charge in [0.2, 0.25) is 5.91 Å². The van der Waals surface area contributed by atoms with Crippen LogP contribution in [-0.4, -0.2) is 62.0 Å². The highest BCUT2D eigenvalue weighted by Gasteiger charge is 2.44. The van der Waals surface area contributed by atoms with Gasteiger partial charge in [-0.05, 0) is 31.2 Å². The number of amidine groups is 1. The molecule has 0 spiro atoms. The number of hydrogen-bond acceptors (Lipinski definition) is 9. The lowest BCUT2D eigenvalue weighted by Gasteiger charge is -2.37. The lowest BCUT2D eigenvalue weighted by molar-refractivity contribution is -0.139. The Bertz CT molecular complexity index is 1350. The van der Waals surface area contributed by atoms with Gasteiger partial charge in [0.15, 0.2) is 16.7 Å². The van der Waals surface area contributed by atoms with Crippen molar-refractivity contribution in [3.8, 4) is 11.5 Å². The molecule has 1 amide bonds. The van der Waals surface area contributed by atoms with Gasteiger partial charge >= 0.3 is 5.97 Å². The van der Waals surface area contributed by atoms with E-state index in [1.54, 1.807) is 27.2 Å². The third kappa shape index (κ3) is 5.59. The van der Waals surface area contributed by atoms with Crippen molar-refractivity contribution in [3.63, 3.8) is 0 Å². The molecule has 1 fully saturated rings. The summed E-state index contributed by atoms with van der Waals surface area (Å²) >= 11 is 1.42. The van der Waals surface area contributed by atoms with Crippen LogP contribution >= 0.6 is 11.8 Å². The number of fused-ring (bicyclic) bond motifs is 1. The van der Waals surface area contributed by atoms with Gasteiger partial charge in [-0.1, -0.05) is 54.2 Å². The van der Waals surface area contributed by atoms with Crippen LogP contribution in [-0.2, 0) is 19.1 Å². The predicted molar refractivity (Wildman–Crippen MR) is 154 cm³/mol. The SMILES string of the molecule is CCOC(=O)C1=C(c2ccccc2)N=C2SC=C(CC(=O)NC[C@@H]3CCCO3)N2[C@H]1c1cccc(OC)c1OC. The molecule has 9 nitrogen and oxygen atoms in total. The van der Waals surface area contributed by atoms with Gasteiger partial charge in [0.1, 0.15) is 0 Å². The van der Waals surface area contributed by atoms with Crippen LogP contribution < -0.4 is 14.8 Å². The molecule has 40 heavy (non-hydrogen) atoms. The van der Waals surface area contributed by atoms with Gasteiger partial charge in [0, 0.05) is 30.0 Å². The summed E-state index contributed by atoms with van der Waals surface area (Å²) in [6, 6.07) is 14.4. The Morgan fingerprint density at radius 2 is 1.95 bits per heavy atom. The van der Waals surface area contributed by atoms with Crippen molar-refractivity contribution in [2.75, 3.05) is 34.0 Å². The number of amides is 1. The fraction of sp³-hybridized carbons (Fsp3) is 0.367. The normalized spacial score (nSPS) is 20.0. The van der Waals surface area contributed by atoms with E-state index in [-0.39, 0.29) is 25.0 Å². The summed E-state index contributed by atoms with van der Waals surface area (Å²) < 4.78 is 22.7. The number of carbonyl (C=O) groups is 2. The molecule has 3 aliphatic rings. The largest absolute Gasteiger partial charge is 0.493 e. The van der Waals surface area contributed by atoms with Crippen molar-refractivity contribution < 1.29 is 28.5 Å². The first-order valence-corrected chi connectivity index (χ1v) is 14.2. The number of aliphatic imine (C=N–C) groups is 1. The highest BCUT2D eigenvalue weighted by molar-refractivity contribution is 8.16. The molecule has 0 aliphatic carbocycles. The van der Waals surface area contributed by atoms with Crippen molar-refractivity contribution in [1.82, 2.24) is 10.2 Å². The van der Waals surface area contributed by atoms with Crippen molar-refractivity contribution in [1.29, 1.82) is 0 Å². The van der Waals surface area contributed by atoms with Crippen LogP contribution in [0.3, 0.4) is 0 Å². The number of rotatable bonds is 10. The monoisotopic (exact) mass is 563 g/mol. The molecule has 2 atom stereocenters. The van der Waals surface area contributed by atoms with Crippen LogP contribution in [0.4, 0.5) is 0 Å². The van der Waals surface area contributed by atoms with Crippen LogP contribution in [0, 0.1) is 0 Å². The van der Waals surface area contributed by atoms with Crippen LogP contribution in [0.5, 0.6) is 11.5 Å². The van der Waals surface area contributed by atoms with E-state index < -0.39 is 12.0 Å². The Labute approximate surface area is 238 Å². The van der Waals surface area contributed by atoms with Gasteiger partial charge in [-0.25, -0.2) is 9.79 Å². The second-order valence-corrected chi connectivity index (χ2v) is 10.3. The number of esters is 1. The number of methoxy groups -OCH3 is 2. The third-order valence-electron chi connectivity index (χ3n) is 6.97. The first kappa shape index (κ1) is 27.8. The molecule has 1 N–H and O–H groups in total. The highest BCUT2D eigenvalue weighted by Crippen LogP contribution is 2.50. The number of benzene rings is 2. The van der Waals surface area contributed by atoms with Gasteiger partial charge in [0.05, 0.1) is 50.7 Å². The van der Waals surface area contributed by atoms with E-state index in [1.165, 1.54) is 11.8 Å². The standard InChI is InChI=1S/C30H33N3O6S/c1-4-38-29(35)25-26(19-10-6-5-7-11-19)32-30-33(27(25)22-13-8-14-23(36-2)28(22)37-3)20(18-40-30)16-24(34)31-17-21-12-9-15-39-21/h5-8,10-11,13-14,18,21,27H,4,9,12,15-17H2,1-3H3,(H,31,34)/t21-,27-/m0/s1. The quantitative estimate of drug-likeness (QED) is 0.417. The first-order valence-electron chi connectivity index (χ1n) is 13.3. The molecule has 2 aromatic carbocycles. The van der Waals surface area contributed by atoms with Crippen LogP contribution in [0.15, 0.2) is 70.2 Å². The molecular formula is C30H33N3O6S. The maximum atomic E-state index is 13.7. The summed E-state index contributed by atoms with van der Waals surface area (Å²) in [5, 5.41) is 5.58. The maximum Gasteiger partial charge on any atom is 0.338 e. The molecule has 0 bridgehead atoms. The lowest BCUT2D eigenvalue weighted by atomic mass is 9.90. The Morgan fingerprint density at radius 3 is 2.65 bits per heavy atom. The molecule has 3 aliphatic heterocycles. The molecule has 0 radical (unpaired) electrons. The van der Waals surface area contributed by atoms with Gasteiger partial charge in [-0.15, -0.1) is 0 Å². The molecular weight excluding hydrogens is 530 g/mol. The fourth-order valence-corrected chi connectivity index (χ4v) is 6.09. The Morgan fingerprint density at radius 1 is 1.12 bits per heavy atom. The second-order valence-electron chi connectivity index (χ2n) is 9.44. The topological polar surface area (TPSA) is 98.7 Å². The molecule has 3 heterocycles. The van der Waals surface area contributed by atoms with E-state index >= 15 is 0 Å². The minimum absolute atomic E-state index is 0.0450. The van der Waals surface area contributed by atoms with Crippen molar-refractivity contribution >= 4 is 34.5 Å². The van der Waals surface area contributed by atoms with Crippen molar-refractivity contribution in [2.24, 2.45) is 4.99 Å². The molecule has 210 valence electrons. The predicted octanol–water partition coefficient (Wildman–Crippen LogP) is 4.66. The Hall–Kier alpha value is -3.76. The minimum atomic E-state index is -0.681.